The molecule has 15 heavy (non-hydrogen) atoms. The van der Waals surface area contributed by atoms with Gasteiger partial charge < -0.3 is 11.9 Å². The Morgan fingerprint density at radius 2 is 0.867 bits per heavy atom. The third kappa shape index (κ3) is 8.53. The van der Waals surface area contributed by atoms with Crippen LogP contribution in [0.3, 0.4) is 0 Å². The van der Waals surface area contributed by atoms with Gasteiger partial charge in [0.05, 0.1) is 0 Å². The molecule has 0 aliphatic rings. The Kier molecular flexibility index (Phi) is 10.7. The fourth-order valence-corrected chi connectivity index (χ4v) is 0.838. The molecular weight excluding hydrogens is 184 g/mol. The maximum Gasteiger partial charge on any atom is 0.0313 e. The van der Waals surface area contributed by atoms with Crippen LogP contribution < -0.4 is 11.9 Å². The molecular formula is C13H20N2. The highest BCUT2D eigenvalue weighted by Crippen LogP contribution is 1.95. The van der Waals surface area contributed by atoms with Gasteiger partial charge in [0, 0.05) is 5.69 Å². The van der Waals surface area contributed by atoms with Gasteiger partial charge in [0.2, 0.25) is 0 Å². The Bertz CT molecular complexity index is 279. The second-order valence-electron chi connectivity index (χ2n) is 2.57. The van der Waals surface area contributed by atoms with Crippen molar-refractivity contribution in [2.45, 2.75) is 7.43 Å². The standard InChI is InChI=1S/C6H7N.C6H6.CH4.H3N/c7-6-4-2-1-3-5-6;1-2-4-6-5-3-1;;/h1-5H,7H2;1-6H;1H4;1H3. The molecule has 0 bridgehead atoms. The molecule has 0 heterocycles. The fourth-order valence-electron chi connectivity index (χ4n) is 0.838. The van der Waals surface area contributed by atoms with Gasteiger partial charge in [-0.1, -0.05) is 62.0 Å². The summed E-state index contributed by atoms with van der Waals surface area (Å²) in [5, 5.41) is 0. The van der Waals surface area contributed by atoms with Crippen molar-refractivity contribution in [2.75, 3.05) is 5.73 Å². The number of nitrogens with two attached hydrogens (primary N) is 1. The van der Waals surface area contributed by atoms with Crippen LogP contribution in [-0.2, 0) is 0 Å². The number of anilines is 1. The van der Waals surface area contributed by atoms with Crippen LogP contribution in [0.5, 0.6) is 0 Å². The van der Waals surface area contributed by atoms with E-state index in [0.717, 1.165) is 5.69 Å². The molecule has 2 heteroatoms. The van der Waals surface area contributed by atoms with E-state index in [9.17, 15) is 0 Å². The summed E-state index contributed by atoms with van der Waals surface area (Å²) >= 11 is 0. The van der Waals surface area contributed by atoms with Gasteiger partial charge in [0.25, 0.3) is 0 Å². The summed E-state index contributed by atoms with van der Waals surface area (Å²) in [5.74, 6) is 0. The van der Waals surface area contributed by atoms with Crippen molar-refractivity contribution in [1.82, 2.24) is 6.15 Å². The smallest absolute Gasteiger partial charge is 0.0313 e. The normalized spacial score (nSPS) is 7.20. The van der Waals surface area contributed by atoms with E-state index in [2.05, 4.69) is 0 Å². The number of hydrogen-bond acceptors (Lipinski definition) is 2. The molecule has 2 rings (SSSR count). The van der Waals surface area contributed by atoms with Crippen molar-refractivity contribution < 1.29 is 0 Å². The molecule has 0 aliphatic heterocycles. The van der Waals surface area contributed by atoms with Crippen LogP contribution >= 0.6 is 0 Å². The average Bonchev–Trinajstić information content (AvgIpc) is 2.22. The summed E-state index contributed by atoms with van der Waals surface area (Å²) in [4.78, 5) is 0. The van der Waals surface area contributed by atoms with Crippen LogP contribution in [0.1, 0.15) is 7.43 Å². The van der Waals surface area contributed by atoms with Crippen molar-refractivity contribution in [3.05, 3.63) is 66.7 Å². The average molecular weight is 204 g/mol. The van der Waals surface area contributed by atoms with Gasteiger partial charge >= 0.3 is 0 Å². The summed E-state index contributed by atoms with van der Waals surface area (Å²) in [6, 6.07) is 21.5. The van der Waals surface area contributed by atoms with E-state index >= 15 is 0 Å². The second kappa shape index (κ2) is 10.3. The Labute approximate surface area is 92.3 Å². The number of hydrogen-bond donors (Lipinski definition) is 2. The Morgan fingerprint density at radius 1 is 0.600 bits per heavy atom. The molecule has 0 spiro atoms. The van der Waals surface area contributed by atoms with E-state index in [0.29, 0.717) is 0 Å². The van der Waals surface area contributed by atoms with Gasteiger partial charge in [-0.2, -0.15) is 0 Å². The molecule has 0 atom stereocenters. The lowest BCUT2D eigenvalue weighted by Crippen LogP contribution is -1.79. The number of para-hydroxylation sites is 1. The van der Waals surface area contributed by atoms with Crippen LogP contribution in [0.4, 0.5) is 5.69 Å². The first kappa shape index (κ1) is 15.7. The minimum atomic E-state index is 0. The molecule has 0 aliphatic carbocycles. The highest BCUT2D eigenvalue weighted by molar-refractivity contribution is 5.35. The Hall–Kier alpha value is -1.80. The van der Waals surface area contributed by atoms with Crippen LogP contribution in [-0.4, -0.2) is 0 Å². The molecule has 2 nitrogen and oxygen atoms in total. The fraction of sp³-hybridized carbons (Fsp3) is 0.0769. The monoisotopic (exact) mass is 204 g/mol. The van der Waals surface area contributed by atoms with Crippen LogP contribution in [0, 0.1) is 0 Å². The molecule has 5 N–H and O–H groups in total. The molecule has 0 saturated carbocycles. The molecule has 0 amide bonds. The zero-order chi connectivity index (χ0) is 9.36. The van der Waals surface area contributed by atoms with E-state index in [1.165, 1.54) is 0 Å². The summed E-state index contributed by atoms with van der Waals surface area (Å²) in [7, 11) is 0. The maximum absolute atomic E-state index is 5.36. The molecule has 0 fully saturated rings. The molecule has 0 aromatic heterocycles. The second-order valence-corrected chi connectivity index (χ2v) is 2.57. The van der Waals surface area contributed by atoms with Gasteiger partial charge in [-0.25, -0.2) is 0 Å². The minimum absolute atomic E-state index is 0. The van der Waals surface area contributed by atoms with Crippen LogP contribution in [0.25, 0.3) is 0 Å². The molecule has 0 saturated heterocycles. The zero-order valence-electron chi connectivity index (χ0n) is 8.14. The number of rotatable bonds is 0. The van der Waals surface area contributed by atoms with Crippen LogP contribution in [0.2, 0.25) is 0 Å². The van der Waals surface area contributed by atoms with Gasteiger partial charge in [-0.3, -0.25) is 0 Å². The number of nitrogen functional groups attached to an aromatic ring is 1. The van der Waals surface area contributed by atoms with Crippen LogP contribution in [0.15, 0.2) is 66.7 Å². The first-order valence-electron chi connectivity index (χ1n) is 4.20. The zero-order valence-corrected chi connectivity index (χ0v) is 8.14. The lowest BCUT2D eigenvalue weighted by Gasteiger charge is -1.83. The predicted octanol–water partition coefficient (Wildman–Crippen LogP) is 3.75. The van der Waals surface area contributed by atoms with Crippen molar-refractivity contribution in [3.63, 3.8) is 0 Å². The lowest BCUT2D eigenvalue weighted by atomic mass is 10.3. The molecule has 2 aromatic rings. The van der Waals surface area contributed by atoms with Crippen molar-refractivity contribution in [3.8, 4) is 0 Å². The third-order valence-corrected chi connectivity index (χ3v) is 1.47. The third-order valence-electron chi connectivity index (χ3n) is 1.47. The summed E-state index contributed by atoms with van der Waals surface area (Å²) in [5.41, 5.74) is 6.18. The van der Waals surface area contributed by atoms with E-state index in [4.69, 9.17) is 5.73 Å². The van der Waals surface area contributed by atoms with E-state index in [1.54, 1.807) is 0 Å². The van der Waals surface area contributed by atoms with Gasteiger partial charge in [0.15, 0.2) is 0 Å². The van der Waals surface area contributed by atoms with Gasteiger partial charge in [-0.05, 0) is 12.1 Å². The Morgan fingerprint density at radius 3 is 1.07 bits per heavy atom. The van der Waals surface area contributed by atoms with E-state index < -0.39 is 0 Å². The molecule has 0 radical (unpaired) electrons. The highest BCUT2D eigenvalue weighted by Gasteiger charge is 1.72. The van der Waals surface area contributed by atoms with Crippen molar-refractivity contribution in [1.29, 1.82) is 0 Å². The summed E-state index contributed by atoms with van der Waals surface area (Å²) < 4.78 is 0. The van der Waals surface area contributed by atoms with Gasteiger partial charge in [0.1, 0.15) is 0 Å². The first-order valence-corrected chi connectivity index (χ1v) is 4.20. The molecule has 82 valence electrons. The summed E-state index contributed by atoms with van der Waals surface area (Å²) in [6.07, 6.45) is 0. The van der Waals surface area contributed by atoms with Crippen molar-refractivity contribution in [2.24, 2.45) is 0 Å². The Balaban J connectivity index is 0. The maximum atomic E-state index is 5.36. The molecule has 2 aromatic carbocycles. The van der Waals surface area contributed by atoms with E-state index in [-0.39, 0.29) is 13.6 Å². The first-order chi connectivity index (χ1) is 6.39. The SMILES string of the molecule is C.N.Nc1ccccc1.c1ccccc1. The van der Waals surface area contributed by atoms with Gasteiger partial charge in [-0.15, -0.1) is 0 Å². The number of benzene rings is 2. The van der Waals surface area contributed by atoms with Crippen molar-refractivity contribution >= 4 is 5.69 Å². The molecule has 0 unspecified atom stereocenters. The largest absolute Gasteiger partial charge is 0.399 e. The topological polar surface area (TPSA) is 61.0 Å². The predicted molar refractivity (Wildman–Crippen MR) is 69.0 cm³/mol. The van der Waals surface area contributed by atoms with E-state index in [1.807, 2.05) is 66.7 Å². The quantitative estimate of drug-likeness (QED) is 0.642. The summed E-state index contributed by atoms with van der Waals surface area (Å²) in [6.45, 7) is 0. The minimum Gasteiger partial charge on any atom is -0.399 e. The lowest BCUT2D eigenvalue weighted by molar-refractivity contribution is 1.69. The highest BCUT2D eigenvalue weighted by atomic mass is 14.5.